The molecule has 8 heteroatoms. The number of rotatable bonds is 5. The van der Waals surface area contributed by atoms with Gasteiger partial charge in [0.2, 0.25) is 10.0 Å². The molecule has 0 saturated carbocycles. The number of carbonyl (C=O) groups is 1. The maximum absolute atomic E-state index is 13.0. The van der Waals surface area contributed by atoms with Crippen molar-refractivity contribution in [1.29, 1.82) is 0 Å². The van der Waals surface area contributed by atoms with Crippen LogP contribution in [0.1, 0.15) is 15.9 Å². The molecule has 3 rings (SSSR count). The van der Waals surface area contributed by atoms with Crippen molar-refractivity contribution in [2.45, 2.75) is 11.4 Å². The van der Waals surface area contributed by atoms with Crippen LogP contribution in [0, 0.1) is 0 Å². The first-order chi connectivity index (χ1) is 12.5. The molecule has 1 aliphatic heterocycles. The van der Waals surface area contributed by atoms with Gasteiger partial charge in [-0.25, -0.2) is 13.2 Å². The van der Waals surface area contributed by atoms with Gasteiger partial charge in [0.05, 0.1) is 17.6 Å². The summed E-state index contributed by atoms with van der Waals surface area (Å²) in [6.07, 6.45) is 3.50. The number of benzene rings is 1. The Bertz CT molecular complexity index is 863. The van der Waals surface area contributed by atoms with E-state index in [1.165, 1.54) is 23.5 Å². The molecule has 1 aliphatic rings. The molecule has 0 spiro atoms. The molecule has 0 unspecified atom stereocenters. The van der Waals surface area contributed by atoms with E-state index >= 15 is 0 Å². The van der Waals surface area contributed by atoms with E-state index in [1.807, 2.05) is 12.1 Å². The molecule has 2 aromatic rings. The zero-order chi connectivity index (χ0) is 18.6. The molecule has 0 N–H and O–H groups in total. The summed E-state index contributed by atoms with van der Waals surface area (Å²) < 4.78 is 32.1. The minimum absolute atomic E-state index is 0.00515. The summed E-state index contributed by atoms with van der Waals surface area (Å²) in [5.74, 6) is -0.652. The second-order valence-electron chi connectivity index (χ2n) is 6.02. The number of sulfonamides is 1. The number of esters is 1. The molecular weight excluding hydrogens is 354 g/mol. The summed E-state index contributed by atoms with van der Waals surface area (Å²) in [5.41, 5.74) is 1.21. The first kappa shape index (κ1) is 18.5. The van der Waals surface area contributed by atoms with E-state index in [9.17, 15) is 13.2 Å². The summed E-state index contributed by atoms with van der Waals surface area (Å²) in [4.78, 5) is 18.1. The Kier molecular flexibility index (Phi) is 5.65. The molecule has 1 saturated heterocycles. The van der Waals surface area contributed by atoms with Crippen LogP contribution in [0.4, 0.5) is 0 Å². The maximum atomic E-state index is 13.0. The van der Waals surface area contributed by atoms with Gasteiger partial charge in [-0.2, -0.15) is 4.31 Å². The lowest BCUT2D eigenvalue weighted by Gasteiger charge is -2.34. The van der Waals surface area contributed by atoms with E-state index in [0.29, 0.717) is 26.2 Å². The average Bonchev–Trinajstić information content (AvgIpc) is 2.68. The van der Waals surface area contributed by atoms with Crippen molar-refractivity contribution >= 4 is 16.0 Å². The van der Waals surface area contributed by atoms with E-state index in [0.717, 1.165) is 12.1 Å². The highest BCUT2D eigenvalue weighted by Crippen LogP contribution is 2.22. The van der Waals surface area contributed by atoms with Crippen LogP contribution >= 0.6 is 0 Å². The normalized spacial score (nSPS) is 16.3. The fraction of sp³-hybridized carbons (Fsp3) is 0.333. The zero-order valence-electron chi connectivity index (χ0n) is 14.5. The number of nitrogens with zero attached hydrogens (tertiary/aromatic N) is 3. The topological polar surface area (TPSA) is 79.8 Å². The number of aromatic nitrogens is 1. The highest BCUT2D eigenvalue weighted by Gasteiger charge is 2.31. The van der Waals surface area contributed by atoms with E-state index < -0.39 is 16.0 Å². The third-order valence-corrected chi connectivity index (χ3v) is 6.35. The summed E-state index contributed by atoms with van der Waals surface area (Å²) in [7, 11) is -2.51. The largest absolute Gasteiger partial charge is 0.465 e. The van der Waals surface area contributed by atoms with Crippen molar-refractivity contribution < 1.29 is 17.9 Å². The summed E-state index contributed by atoms with van der Waals surface area (Å²) in [6, 6.07) is 10.1. The first-order valence-corrected chi connectivity index (χ1v) is 9.75. The quantitative estimate of drug-likeness (QED) is 0.735. The number of carbonyl (C=O) groups excluding carboxylic acids is 1. The molecule has 0 amide bonds. The van der Waals surface area contributed by atoms with Crippen molar-refractivity contribution in [3.63, 3.8) is 0 Å². The van der Waals surface area contributed by atoms with Crippen molar-refractivity contribution in [3.05, 3.63) is 59.9 Å². The number of ether oxygens (including phenoxy) is 1. The molecule has 1 aromatic heterocycles. The minimum atomic E-state index is -3.75. The molecule has 7 nitrogen and oxygen atoms in total. The van der Waals surface area contributed by atoms with Crippen molar-refractivity contribution in [2.75, 3.05) is 33.3 Å². The summed E-state index contributed by atoms with van der Waals surface area (Å²) in [5, 5.41) is 0. The van der Waals surface area contributed by atoms with Gasteiger partial charge in [-0.05, 0) is 29.8 Å². The van der Waals surface area contributed by atoms with Gasteiger partial charge in [-0.1, -0.05) is 12.1 Å². The van der Waals surface area contributed by atoms with E-state index in [-0.39, 0.29) is 10.5 Å². The molecular formula is C18H21N3O4S. The summed E-state index contributed by atoms with van der Waals surface area (Å²) in [6.45, 7) is 2.77. The average molecular weight is 375 g/mol. The van der Waals surface area contributed by atoms with Crippen LogP contribution in [-0.2, 0) is 21.3 Å². The van der Waals surface area contributed by atoms with E-state index in [1.54, 1.807) is 24.5 Å². The smallest absolute Gasteiger partial charge is 0.339 e. The van der Waals surface area contributed by atoms with Gasteiger partial charge in [0.15, 0.2) is 0 Å². The Morgan fingerprint density at radius 3 is 2.38 bits per heavy atom. The van der Waals surface area contributed by atoms with E-state index in [2.05, 4.69) is 9.88 Å². The van der Waals surface area contributed by atoms with Crippen LogP contribution in [0.5, 0.6) is 0 Å². The second-order valence-corrected chi connectivity index (χ2v) is 7.93. The second kappa shape index (κ2) is 7.94. The van der Waals surface area contributed by atoms with Crippen molar-refractivity contribution in [2.24, 2.45) is 0 Å². The lowest BCUT2D eigenvalue weighted by atomic mass is 10.2. The lowest BCUT2D eigenvalue weighted by molar-refractivity contribution is 0.0596. The molecule has 0 aliphatic carbocycles. The predicted octanol–water partition coefficient (Wildman–Crippen LogP) is 1.37. The van der Waals surface area contributed by atoms with Gasteiger partial charge in [0, 0.05) is 45.1 Å². The van der Waals surface area contributed by atoms with Gasteiger partial charge in [0.1, 0.15) is 0 Å². The van der Waals surface area contributed by atoms with Gasteiger partial charge >= 0.3 is 5.97 Å². The number of pyridine rings is 1. The number of methoxy groups -OCH3 is 1. The Morgan fingerprint density at radius 2 is 1.73 bits per heavy atom. The van der Waals surface area contributed by atoms with Crippen LogP contribution in [0.25, 0.3) is 0 Å². The van der Waals surface area contributed by atoms with Crippen molar-refractivity contribution in [3.8, 4) is 0 Å². The summed E-state index contributed by atoms with van der Waals surface area (Å²) >= 11 is 0. The minimum Gasteiger partial charge on any atom is -0.465 e. The molecule has 138 valence electrons. The van der Waals surface area contributed by atoms with Crippen LogP contribution in [0.3, 0.4) is 0 Å². The highest BCUT2D eigenvalue weighted by atomic mass is 32.2. The van der Waals surface area contributed by atoms with Crippen molar-refractivity contribution in [1.82, 2.24) is 14.2 Å². The third-order valence-electron chi connectivity index (χ3n) is 4.40. The monoisotopic (exact) mass is 375 g/mol. The third kappa shape index (κ3) is 3.92. The SMILES string of the molecule is COC(=O)c1ccccc1S(=O)(=O)N1CCN(Cc2ccncc2)CC1. The maximum Gasteiger partial charge on any atom is 0.339 e. The van der Waals surface area contributed by atoms with Gasteiger partial charge in [-0.15, -0.1) is 0 Å². The fourth-order valence-corrected chi connectivity index (χ4v) is 4.59. The Labute approximate surface area is 153 Å². The Hall–Kier alpha value is -2.29. The lowest BCUT2D eigenvalue weighted by Crippen LogP contribution is -2.48. The van der Waals surface area contributed by atoms with Gasteiger partial charge in [0.25, 0.3) is 0 Å². The number of piperazine rings is 1. The molecule has 1 fully saturated rings. The number of hydrogen-bond donors (Lipinski definition) is 0. The fourth-order valence-electron chi connectivity index (χ4n) is 2.98. The molecule has 26 heavy (non-hydrogen) atoms. The highest BCUT2D eigenvalue weighted by molar-refractivity contribution is 7.89. The van der Waals surface area contributed by atoms with Crippen LogP contribution in [0.15, 0.2) is 53.7 Å². The zero-order valence-corrected chi connectivity index (χ0v) is 15.4. The predicted molar refractivity (Wildman–Crippen MR) is 96.1 cm³/mol. The Morgan fingerprint density at radius 1 is 1.08 bits per heavy atom. The number of hydrogen-bond acceptors (Lipinski definition) is 6. The molecule has 1 aromatic carbocycles. The van der Waals surface area contributed by atoms with Crippen LogP contribution in [0.2, 0.25) is 0 Å². The first-order valence-electron chi connectivity index (χ1n) is 8.31. The molecule has 0 atom stereocenters. The van der Waals surface area contributed by atoms with Crippen LogP contribution < -0.4 is 0 Å². The van der Waals surface area contributed by atoms with E-state index in [4.69, 9.17) is 4.74 Å². The van der Waals surface area contributed by atoms with Gasteiger partial charge in [-0.3, -0.25) is 9.88 Å². The molecule has 0 radical (unpaired) electrons. The molecule has 2 heterocycles. The van der Waals surface area contributed by atoms with Gasteiger partial charge < -0.3 is 4.74 Å². The van der Waals surface area contributed by atoms with Crippen LogP contribution in [-0.4, -0.2) is 61.9 Å². The standard InChI is InChI=1S/C18H21N3O4S/c1-25-18(22)16-4-2-3-5-17(16)26(23,24)21-12-10-20(11-13-21)14-15-6-8-19-9-7-15/h2-9H,10-14H2,1H3. The Balaban J connectivity index is 1.72. The molecule has 0 bridgehead atoms.